The van der Waals surface area contributed by atoms with Gasteiger partial charge in [-0.25, -0.2) is 0 Å². The van der Waals surface area contributed by atoms with Crippen LogP contribution in [0.4, 0.5) is 0 Å². The third kappa shape index (κ3) is 1.85. The molecule has 0 spiro atoms. The van der Waals surface area contributed by atoms with E-state index >= 15 is 0 Å². The molecule has 98 valence electrons. The summed E-state index contributed by atoms with van der Waals surface area (Å²) < 4.78 is 5.19. The Hall–Kier alpha value is -2.07. The van der Waals surface area contributed by atoms with Gasteiger partial charge in [0.05, 0.1) is 24.2 Å². The highest BCUT2D eigenvalue weighted by Gasteiger charge is 2.54. The smallest absolute Gasteiger partial charge is 0.316 e. The topological polar surface area (TPSA) is 73.9 Å². The van der Waals surface area contributed by atoms with Crippen molar-refractivity contribution in [2.75, 3.05) is 6.61 Å². The van der Waals surface area contributed by atoms with Gasteiger partial charge in [-0.2, -0.15) is 10.5 Å². The standard InChI is InChI=1S/C15H16N2O2/c1-2-19-13(18)15-8-4-3-7-14(10-16,11-17)12(15)6-5-9-15/h3-4,6H,2,5,7-9H2,1H3. The number of hydrogen-bond acceptors (Lipinski definition) is 4. The van der Waals surface area contributed by atoms with Crippen LogP contribution >= 0.6 is 0 Å². The molecule has 1 unspecified atom stereocenters. The average Bonchev–Trinajstić information content (AvgIpc) is 2.79. The first-order chi connectivity index (χ1) is 9.15. The van der Waals surface area contributed by atoms with E-state index in [1.807, 2.05) is 18.2 Å². The number of nitrogens with zero attached hydrogens (tertiary/aromatic N) is 2. The molecule has 4 heteroatoms. The Labute approximate surface area is 113 Å². The van der Waals surface area contributed by atoms with Crippen molar-refractivity contribution < 1.29 is 9.53 Å². The van der Waals surface area contributed by atoms with E-state index in [1.165, 1.54) is 0 Å². The minimum absolute atomic E-state index is 0.305. The van der Waals surface area contributed by atoms with Crippen molar-refractivity contribution in [1.29, 1.82) is 10.5 Å². The lowest BCUT2D eigenvalue weighted by molar-refractivity contribution is -0.153. The normalized spacial score (nSPS) is 27.4. The van der Waals surface area contributed by atoms with Crippen LogP contribution in [0, 0.1) is 33.5 Å². The van der Waals surface area contributed by atoms with Crippen LogP contribution in [-0.2, 0) is 9.53 Å². The summed E-state index contributed by atoms with van der Waals surface area (Å²) >= 11 is 0. The summed E-state index contributed by atoms with van der Waals surface area (Å²) in [5, 5.41) is 18.9. The summed E-state index contributed by atoms with van der Waals surface area (Å²) in [5.41, 5.74) is -1.39. The molecule has 4 nitrogen and oxygen atoms in total. The summed E-state index contributed by atoms with van der Waals surface area (Å²) in [4.78, 5) is 12.4. The number of carbonyl (C=O) groups is 1. The van der Waals surface area contributed by atoms with Crippen LogP contribution in [0.25, 0.3) is 0 Å². The Morgan fingerprint density at radius 2 is 2.05 bits per heavy atom. The molecule has 0 aromatic rings. The Morgan fingerprint density at radius 1 is 1.37 bits per heavy atom. The number of allylic oxidation sites excluding steroid dienone is 3. The third-order valence-electron chi connectivity index (χ3n) is 4.00. The maximum atomic E-state index is 12.4. The average molecular weight is 256 g/mol. The van der Waals surface area contributed by atoms with E-state index in [2.05, 4.69) is 12.1 Å². The first-order valence-electron chi connectivity index (χ1n) is 6.51. The number of carbonyl (C=O) groups excluding carboxylic acids is 1. The van der Waals surface area contributed by atoms with Crippen molar-refractivity contribution in [2.45, 2.75) is 32.6 Å². The molecule has 1 atom stereocenters. The van der Waals surface area contributed by atoms with Gasteiger partial charge in [0, 0.05) is 6.42 Å². The van der Waals surface area contributed by atoms with E-state index in [9.17, 15) is 15.3 Å². The second-order valence-electron chi connectivity index (χ2n) is 4.97. The molecule has 2 aliphatic carbocycles. The lowest BCUT2D eigenvalue weighted by Gasteiger charge is -2.32. The van der Waals surface area contributed by atoms with E-state index in [0.717, 1.165) is 0 Å². The molecule has 0 bridgehead atoms. The van der Waals surface area contributed by atoms with Crippen LogP contribution in [0.5, 0.6) is 0 Å². The van der Waals surface area contributed by atoms with E-state index < -0.39 is 10.8 Å². The Balaban J connectivity index is 2.53. The number of rotatable bonds is 2. The maximum absolute atomic E-state index is 12.4. The number of fused-ring (bicyclic) bond motifs is 1. The fraction of sp³-hybridized carbons (Fsp3) is 0.533. The minimum Gasteiger partial charge on any atom is -0.465 e. The molecule has 19 heavy (non-hydrogen) atoms. The molecule has 0 saturated heterocycles. The van der Waals surface area contributed by atoms with Crippen molar-refractivity contribution in [1.82, 2.24) is 0 Å². The molecule has 0 N–H and O–H groups in total. The van der Waals surface area contributed by atoms with Gasteiger partial charge in [-0.1, -0.05) is 18.2 Å². The zero-order chi connectivity index (χ0) is 13.9. The number of esters is 1. The van der Waals surface area contributed by atoms with Crippen LogP contribution < -0.4 is 0 Å². The molecule has 0 aromatic heterocycles. The van der Waals surface area contributed by atoms with E-state index in [-0.39, 0.29) is 5.97 Å². The predicted molar refractivity (Wildman–Crippen MR) is 68.4 cm³/mol. The van der Waals surface area contributed by atoms with Gasteiger partial charge < -0.3 is 4.74 Å². The molecule has 0 fully saturated rings. The van der Waals surface area contributed by atoms with Crippen molar-refractivity contribution in [2.24, 2.45) is 10.8 Å². The zero-order valence-corrected chi connectivity index (χ0v) is 11.0. The van der Waals surface area contributed by atoms with Crippen molar-refractivity contribution in [3.8, 4) is 12.1 Å². The van der Waals surface area contributed by atoms with Crippen LogP contribution in [0.3, 0.4) is 0 Å². The molecule has 0 saturated carbocycles. The number of hydrogen-bond donors (Lipinski definition) is 0. The highest BCUT2D eigenvalue weighted by molar-refractivity contribution is 5.83. The molecule has 2 aliphatic rings. The van der Waals surface area contributed by atoms with Gasteiger partial charge in [-0.3, -0.25) is 4.79 Å². The predicted octanol–water partition coefficient (Wildman–Crippen LogP) is 2.64. The highest BCUT2D eigenvalue weighted by atomic mass is 16.5. The van der Waals surface area contributed by atoms with Crippen LogP contribution in [-0.4, -0.2) is 12.6 Å². The van der Waals surface area contributed by atoms with Crippen LogP contribution in [0.1, 0.15) is 32.6 Å². The van der Waals surface area contributed by atoms with Crippen LogP contribution in [0.2, 0.25) is 0 Å². The fourth-order valence-corrected chi connectivity index (χ4v) is 3.04. The Morgan fingerprint density at radius 3 is 2.68 bits per heavy atom. The lowest BCUT2D eigenvalue weighted by atomic mass is 9.67. The summed E-state index contributed by atoms with van der Waals surface area (Å²) in [5.74, 6) is -0.305. The molecule has 0 aliphatic heterocycles. The molecule has 0 radical (unpaired) electrons. The molecule has 0 aromatic carbocycles. The van der Waals surface area contributed by atoms with Crippen LogP contribution in [0.15, 0.2) is 23.8 Å². The van der Waals surface area contributed by atoms with Gasteiger partial charge in [0.1, 0.15) is 0 Å². The fourth-order valence-electron chi connectivity index (χ4n) is 3.04. The quantitative estimate of drug-likeness (QED) is 0.562. The van der Waals surface area contributed by atoms with Crippen molar-refractivity contribution in [3.05, 3.63) is 23.8 Å². The van der Waals surface area contributed by atoms with Gasteiger partial charge in [0.15, 0.2) is 5.41 Å². The molecular formula is C15H16N2O2. The van der Waals surface area contributed by atoms with Gasteiger partial charge in [-0.05, 0) is 31.8 Å². The first-order valence-corrected chi connectivity index (χ1v) is 6.51. The Kier molecular flexibility index (Phi) is 3.44. The van der Waals surface area contributed by atoms with E-state index in [0.29, 0.717) is 37.9 Å². The second-order valence-corrected chi connectivity index (χ2v) is 4.97. The molecule has 2 rings (SSSR count). The summed E-state index contributed by atoms with van der Waals surface area (Å²) in [6.07, 6.45) is 7.80. The SMILES string of the molecule is CCOC(=O)C12CC=CCC(C#N)(C#N)C1=CCC2. The van der Waals surface area contributed by atoms with Crippen molar-refractivity contribution in [3.63, 3.8) is 0 Å². The Bertz CT molecular complexity index is 519. The molecular weight excluding hydrogens is 240 g/mol. The first kappa shape index (κ1) is 13.4. The molecule has 0 heterocycles. The third-order valence-corrected chi connectivity index (χ3v) is 4.00. The van der Waals surface area contributed by atoms with Gasteiger partial charge >= 0.3 is 5.97 Å². The van der Waals surface area contributed by atoms with Gasteiger partial charge in [0.25, 0.3) is 0 Å². The van der Waals surface area contributed by atoms with E-state index in [4.69, 9.17) is 4.74 Å². The highest BCUT2D eigenvalue weighted by Crippen LogP contribution is 2.53. The summed E-state index contributed by atoms with van der Waals surface area (Å²) in [6.45, 7) is 2.07. The van der Waals surface area contributed by atoms with Crippen molar-refractivity contribution >= 4 is 5.97 Å². The molecule has 0 amide bonds. The monoisotopic (exact) mass is 256 g/mol. The summed E-state index contributed by atoms with van der Waals surface area (Å²) in [7, 11) is 0. The van der Waals surface area contributed by atoms with Gasteiger partial charge in [-0.15, -0.1) is 0 Å². The lowest BCUT2D eigenvalue weighted by Crippen LogP contribution is -2.37. The number of nitriles is 2. The number of ether oxygens (including phenoxy) is 1. The largest absolute Gasteiger partial charge is 0.465 e. The van der Waals surface area contributed by atoms with Gasteiger partial charge in [0.2, 0.25) is 0 Å². The van der Waals surface area contributed by atoms with E-state index in [1.54, 1.807) is 6.92 Å². The summed E-state index contributed by atoms with van der Waals surface area (Å²) in [6, 6.07) is 4.22. The zero-order valence-electron chi connectivity index (χ0n) is 11.0. The minimum atomic E-state index is -1.23. The second kappa shape index (κ2) is 4.90. The maximum Gasteiger partial charge on any atom is 0.316 e.